The highest BCUT2D eigenvalue weighted by Crippen LogP contribution is 2.23. The molecule has 1 aromatic carbocycles. The van der Waals surface area contributed by atoms with Gasteiger partial charge < -0.3 is 17.5 Å². The Morgan fingerprint density at radius 1 is 1.30 bits per heavy atom. The Morgan fingerprint density at radius 2 is 1.90 bits per heavy atom. The largest absolute Gasteiger partial charge is 1.00 e. The van der Waals surface area contributed by atoms with E-state index in [1.54, 1.807) is 12.1 Å². The van der Waals surface area contributed by atoms with Gasteiger partial charge in [0.15, 0.2) is 4.98 Å². The zero-order valence-electron chi connectivity index (χ0n) is 5.03. The molecule has 0 bridgehead atoms. The van der Waals surface area contributed by atoms with Crippen LogP contribution < -0.4 is 12.4 Å². The summed E-state index contributed by atoms with van der Waals surface area (Å²) in [7, 11) is 0. The van der Waals surface area contributed by atoms with Crippen LogP contribution in [0, 0.1) is 5.39 Å². The molecule has 0 atom stereocenters. The average Bonchev–Trinajstić information content (AvgIpc) is 1.89. The van der Waals surface area contributed by atoms with Crippen LogP contribution in [-0.2, 0) is 0 Å². The van der Waals surface area contributed by atoms with Crippen LogP contribution in [0.4, 0.5) is 5.69 Å². The maximum absolute atomic E-state index is 8.86. The maximum Gasteiger partial charge on any atom is 0.426 e. The van der Waals surface area contributed by atoms with Gasteiger partial charge >= 0.3 is 5.69 Å². The van der Waals surface area contributed by atoms with Gasteiger partial charge in [-0.15, -0.1) is 0 Å². The number of para-hydroxylation sites is 1. The summed E-state index contributed by atoms with van der Waals surface area (Å²) in [4.78, 5) is 2.82. The van der Waals surface area contributed by atoms with Gasteiger partial charge in [0.25, 0.3) is 0 Å². The van der Waals surface area contributed by atoms with E-state index in [0.717, 1.165) is 0 Å². The summed E-state index contributed by atoms with van der Waals surface area (Å²) in [5, 5.41) is 17.0. The lowest BCUT2D eigenvalue weighted by molar-refractivity contribution is -0.00000305. The molecule has 1 N–H and O–H groups in total. The minimum atomic E-state index is -0.0139. The molecule has 0 heterocycles. The van der Waals surface area contributed by atoms with Gasteiger partial charge in [-0.25, -0.2) is 0 Å². The van der Waals surface area contributed by atoms with E-state index in [4.69, 9.17) is 10.5 Å². The highest BCUT2D eigenvalue weighted by Gasteiger charge is 2.08. The topological polar surface area (TPSA) is 48.4 Å². The van der Waals surface area contributed by atoms with Gasteiger partial charge in [-0.05, 0) is 6.07 Å². The van der Waals surface area contributed by atoms with Gasteiger partial charge in [-0.2, -0.15) is 0 Å². The van der Waals surface area contributed by atoms with Gasteiger partial charge in [-0.1, -0.05) is 12.1 Å². The van der Waals surface area contributed by atoms with Crippen molar-refractivity contribution in [2.45, 2.75) is 0 Å². The Labute approximate surface area is 64.3 Å². The molecule has 0 aliphatic carbocycles. The predicted molar refractivity (Wildman–Crippen MR) is 32.9 cm³/mol. The van der Waals surface area contributed by atoms with Gasteiger partial charge in [0.1, 0.15) is 0 Å². The van der Waals surface area contributed by atoms with E-state index < -0.39 is 0 Å². The van der Waals surface area contributed by atoms with Crippen LogP contribution in [0.3, 0.4) is 0 Å². The van der Waals surface area contributed by atoms with Crippen molar-refractivity contribution in [3.05, 3.63) is 29.2 Å². The third-order valence-electron chi connectivity index (χ3n) is 0.989. The lowest BCUT2D eigenvalue weighted by Crippen LogP contribution is -3.00. The Morgan fingerprint density at radius 3 is 2.30 bits per heavy atom. The van der Waals surface area contributed by atoms with Crippen molar-refractivity contribution >= 4 is 5.69 Å². The van der Waals surface area contributed by atoms with E-state index in [2.05, 4.69) is 4.98 Å². The maximum atomic E-state index is 8.86. The molecule has 0 amide bonds. The molecule has 0 saturated heterocycles. The molecule has 0 radical (unpaired) electrons. The second kappa shape index (κ2) is 3.70. The van der Waals surface area contributed by atoms with Crippen LogP contribution in [0.25, 0.3) is 4.98 Å². The van der Waals surface area contributed by atoms with E-state index >= 15 is 0 Å². The van der Waals surface area contributed by atoms with Crippen molar-refractivity contribution in [1.82, 2.24) is 0 Å². The van der Waals surface area contributed by atoms with E-state index in [1.807, 2.05) is 0 Å². The lowest BCUT2D eigenvalue weighted by Gasteiger charge is -1.80. The molecular weight excluding hydrogens is 152 g/mol. The molecular formula is C6H5ClN2O. The summed E-state index contributed by atoms with van der Waals surface area (Å²) in [6.07, 6.45) is 0. The quantitative estimate of drug-likeness (QED) is 0.484. The number of phenols is 1. The lowest BCUT2D eigenvalue weighted by atomic mass is 10.3. The highest BCUT2D eigenvalue weighted by atomic mass is 35.5. The first-order chi connectivity index (χ1) is 4.34. The second-order valence-corrected chi connectivity index (χ2v) is 1.59. The fraction of sp³-hybridized carbons (Fsp3) is 0. The summed E-state index contributed by atoms with van der Waals surface area (Å²) in [5.41, 5.74) is 0.192. The standard InChI is InChI=1S/C6H4N2O.ClH/c7-8-5-3-1-2-4-6(5)9;/h1-4H;1H. The third-order valence-corrected chi connectivity index (χ3v) is 0.989. The molecule has 1 aromatic rings. The molecule has 0 spiro atoms. The molecule has 0 aromatic heterocycles. The number of benzene rings is 1. The van der Waals surface area contributed by atoms with Crippen LogP contribution in [0.1, 0.15) is 0 Å². The van der Waals surface area contributed by atoms with Crippen molar-refractivity contribution in [3.8, 4) is 5.75 Å². The molecule has 1 rings (SSSR count). The van der Waals surface area contributed by atoms with Crippen molar-refractivity contribution < 1.29 is 17.5 Å². The number of nitrogens with zero attached hydrogens (tertiary/aromatic N) is 2. The number of hydrogen-bond donors (Lipinski definition) is 1. The molecule has 0 aliphatic heterocycles. The monoisotopic (exact) mass is 156 g/mol. The van der Waals surface area contributed by atoms with Crippen molar-refractivity contribution in [2.24, 2.45) is 0 Å². The molecule has 0 aliphatic rings. The Kier molecular flexibility index (Phi) is 3.23. The fourth-order valence-electron chi connectivity index (χ4n) is 0.549. The number of halogens is 1. The van der Waals surface area contributed by atoms with Crippen LogP contribution in [0.15, 0.2) is 24.3 Å². The van der Waals surface area contributed by atoms with Crippen LogP contribution in [-0.4, -0.2) is 5.11 Å². The molecule has 10 heavy (non-hydrogen) atoms. The fourth-order valence-corrected chi connectivity index (χ4v) is 0.549. The molecule has 52 valence electrons. The average molecular weight is 157 g/mol. The second-order valence-electron chi connectivity index (χ2n) is 1.59. The molecule has 0 fully saturated rings. The van der Waals surface area contributed by atoms with Crippen LogP contribution in [0.2, 0.25) is 0 Å². The van der Waals surface area contributed by atoms with Gasteiger partial charge in [0.05, 0.1) is 0 Å². The van der Waals surface area contributed by atoms with Crippen LogP contribution in [0.5, 0.6) is 5.75 Å². The minimum absolute atomic E-state index is 0. The number of aromatic hydroxyl groups is 1. The smallest absolute Gasteiger partial charge is 0.426 e. The predicted octanol–water partition coefficient (Wildman–Crippen LogP) is -1.12. The highest BCUT2D eigenvalue weighted by molar-refractivity contribution is 5.55. The van der Waals surface area contributed by atoms with Crippen molar-refractivity contribution in [3.63, 3.8) is 0 Å². The van der Waals surface area contributed by atoms with Gasteiger partial charge in [-0.3, -0.25) is 0 Å². The van der Waals surface area contributed by atoms with Crippen LogP contribution >= 0.6 is 0 Å². The summed E-state index contributed by atoms with van der Waals surface area (Å²) >= 11 is 0. The summed E-state index contributed by atoms with van der Waals surface area (Å²) < 4.78 is 0. The van der Waals surface area contributed by atoms with Crippen molar-refractivity contribution in [1.29, 1.82) is 5.39 Å². The first kappa shape index (κ1) is 8.73. The molecule has 4 heteroatoms. The summed E-state index contributed by atoms with van der Waals surface area (Å²) in [5.74, 6) is -0.0139. The molecule has 0 saturated carbocycles. The number of rotatable bonds is 0. The number of phenolic OH excluding ortho intramolecular Hbond substituents is 1. The summed E-state index contributed by atoms with van der Waals surface area (Å²) in [6.45, 7) is 0. The Hall–Kier alpha value is -1.27. The van der Waals surface area contributed by atoms with Gasteiger partial charge in [0, 0.05) is 6.07 Å². The number of hydrogen-bond acceptors (Lipinski definition) is 2. The minimum Gasteiger partial charge on any atom is -1.00 e. The first-order valence-corrected chi connectivity index (χ1v) is 2.47. The molecule has 0 unspecified atom stereocenters. The zero-order valence-corrected chi connectivity index (χ0v) is 5.78. The number of diazo groups is 1. The first-order valence-electron chi connectivity index (χ1n) is 2.47. The summed E-state index contributed by atoms with van der Waals surface area (Å²) in [6, 6.07) is 6.29. The molecule has 3 nitrogen and oxygen atoms in total. The SMILES string of the molecule is N#[N+]c1ccccc1O.[Cl-]. The van der Waals surface area contributed by atoms with Crippen molar-refractivity contribution in [2.75, 3.05) is 0 Å². The van der Waals surface area contributed by atoms with E-state index in [0.29, 0.717) is 0 Å². The Bertz CT molecular complexity index is 256. The van der Waals surface area contributed by atoms with Gasteiger partial charge in [0.2, 0.25) is 11.1 Å². The third kappa shape index (κ3) is 1.61. The normalized spacial score (nSPS) is 7.50. The van der Waals surface area contributed by atoms with E-state index in [1.165, 1.54) is 12.1 Å². The Balaban J connectivity index is 0.000000810. The van der Waals surface area contributed by atoms with E-state index in [-0.39, 0.29) is 23.8 Å². The van der Waals surface area contributed by atoms with E-state index in [9.17, 15) is 0 Å². The zero-order chi connectivity index (χ0) is 6.69.